The maximum Gasteiger partial charge on any atom is 0.220 e. The van der Waals surface area contributed by atoms with Crippen LogP contribution < -0.4 is 5.32 Å². The van der Waals surface area contributed by atoms with Gasteiger partial charge in [0.05, 0.1) is 15.2 Å². The summed E-state index contributed by atoms with van der Waals surface area (Å²) >= 11 is 1.67. The maximum absolute atomic E-state index is 12.1. The quantitative estimate of drug-likeness (QED) is 0.709. The number of benzene rings is 2. The van der Waals surface area contributed by atoms with E-state index in [9.17, 15) is 4.79 Å². The standard InChI is InChI=1S/C21H24N2OS/c1-14-12-15(2)17(16(3)13-14)10-11-22-20(24)8-9-21-23-18-6-4-5-7-19(18)25-21/h4-7,12-13H,8-11H2,1-3H3,(H,22,24). The Balaban J connectivity index is 1.48. The highest BCUT2D eigenvalue weighted by Crippen LogP contribution is 2.22. The van der Waals surface area contributed by atoms with E-state index in [4.69, 9.17) is 0 Å². The molecule has 0 bridgehead atoms. The summed E-state index contributed by atoms with van der Waals surface area (Å²) in [5, 5.41) is 4.07. The van der Waals surface area contributed by atoms with Crippen molar-refractivity contribution in [3.05, 3.63) is 63.7 Å². The fourth-order valence-corrected chi connectivity index (χ4v) is 4.23. The normalized spacial score (nSPS) is 11.0. The molecule has 1 heterocycles. The highest BCUT2D eigenvalue weighted by Gasteiger charge is 2.08. The summed E-state index contributed by atoms with van der Waals surface area (Å²) in [6.07, 6.45) is 2.07. The Morgan fingerprint density at radius 1 is 1.08 bits per heavy atom. The Kier molecular flexibility index (Phi) is 5.49. The summed E-state index contributed by atoms with van der Waals surface area (Å²) in [4.78, 5) is 16.7. The first-order valence-electron chi connectivity index (χ1n) is 8.71. The molecule has 0 atom stereocenters. The fraction of sp³-hybridized carbons (Fsp3) is 0.333. The molecule has 1 amide bonds. The number of carbonyl (C=O) groups excluding carboxylic acids is 1. The van der Waals surface area contributed by atoms with Crippen LogP contribution >= 0.6 is 11.3 Å². The van der Waals surface area contributed by atoms with Crippen molar-refractivity contribution < 1.29 is 4.79 Å². The van der Waals surface area contributed by atoms with Crippen LogP contribution in [0.3, 0.4) is 0 Å². The van der Waals surface area contributed by atoms with Crippen LogP contribution in [-0.4, -0.2) is 17.4 Å². The van der Waals surface area contributed by atoms with Gasteiger partial charge in [0.15, 0.2) is 0 Å². The highest BCUT2D eigenvalue weighted by atomic mass is 32.1. The molecule has 0 radical (unpaired) electrons. The molecule has 0 saturated carbocycles. The summed E-state index contributed by atoms with van der Waals surface area (Å²) in [7, 11) is 0. The second kappa shape index (κ2) is 7.79. The van der Waals surface area contributed by atoms with Gasteiger partial charge in [0.2, 0.25) is 5.91 Å². The lowest BCUT2D eigenvalue weighted by molar-refractivity contribution is -0.121. The van der Waals surface area contributed by atoms with E-state index in [-0.39, 0.29) is 5.91 Å². The molecule has 0 saturated heterocycles. The molecule has 2 aromatic carbocycles. The van der Waals surface area contributed by atoms with E-state index < -0.39 is 0 Å². The van der Waals surface area contributed by atoms with Gasteiger partial charge in [0, 0.05) is 19.4 Å². The molecular weight excluding hydrogens is 328 g/mol. The third-order valence-corrected chi connectivity index (χ3v) is 5.54. The number of aromatic nitrogens is 1. The smallest absolute Gasteiger partial charge is 0.220 e. The van der Waals surface area contributed by atoms with Crippen molar-refractivity contribution in [3.8, 4) is 0 Å². The van der Waals surface area contributed by atoms with Crippen molar-refractivity contribution >= 4 is 27.5 Å². The van der Waals surface area contributed by atoms with E-state index in [2.05, 4.69) is 49.3 Å². The second-order valence-electron chi connectivity index (χ2n) is 6.55. The summed E-state index contributed by atoms with van der Waals surface area (Å²) in [6.45, 7) is 7.09. The van der Waals surface area contributed by atoms with E-state index in [1.165, 1.54) is 27.0 Å². The Bertz CT molecular complexity index is 842. The summed E-state index contributed by atoms with van der Waals surface area (Å²) in [6, 6.07) is 12.5. The molecule has 0 fully saturated rings. The zero-order valence-corrected chi connectivity index (χ0v) is 15.9. The summed E-state index contributed by atoms with van der Waals surface area (Å²) in [5.41, 5.74) is 6.27. The molecule has 0 aliphatic rings. The van der Waals surface area contributed by atoms with Gasteiger partial charge in [-0.1, -0.05) is 29.8 Å². The number of hydrogen-bond donors (Lipinski definition) is 1. The maximum atomic E-state index is 12.1. The number of fused-ring (bicyclic) bond motifs is 1. The molecule has 3 aromatic rings. The molecule has 0 unspecified atom stereocenters. The van der Waals surface area contributed by atoms with Crippen LogP contribution in [0.5, 0.6) is 0 Å². The van der Waals surface area contributed by atoms with Crippen LogP contribution in [0.1, 0.15) is 33.7 Å². The lowest BCUT2D eigenvalue weighted by Gasteiger charge is -2.12. The Hall–Kier alpha value is -2.20. The van der Waals surface area contributed by atoms with Crippen molar-refractivity contribution in [1.29, 1.82) is 0 Å². The lowest BCUT2D eigenvalue weighted by Crippen LogP contribution is -2.26. The van der Waals surface area contributed by atoms with E-state index in [0.717, 1.165) is 16.9 Å². The molecule has 0 spiro atoms. The largest absolute Gasteiger partial charge is 0.356 e. The second-order valence-corrected chi connectivity index (χ2v) is 7.67. The molecule has 0 aliphatic heterocycles. The Morgan fingerprint density at radius 2 is 1.80 bits per heavy atom. The molecule has 3 nitrogen and oxygen atoms in total. The van der Waals surface area contributed by atoms with Gasteiger partial charge in [-0.15, -0.1) is 11.3 Å². The number of aryl methyl sites for hydroxylation is 4. The molecule has 0 aliphatic carbocycles. The number of para-hydroxylation sites is 1. The highest BCUT2D eigenvalue weighted by molar-refractivity contribution is 7.18. The summed E-state index contributed by atoms with van der Waals surface area (Å²) in [5.74, 6) is 0.0988. The number of rotatable bonds is 6. The van der Waals surface area contributed by atoms with Crippen LogP contribution in [-0.2, 0) is 17.6 Å². The molecule has 1 aromatic heterocycles. The van der Waals surface area contributed by atoms with Crippen molar-refractivity contribution in [2.24, 2.45) is 0 Å². The number of hydrogen-bond acceptors (Lipinski definition) is 3. The number of nitrogens with zero attached hydrogens (tertiary/aromatic N) is 1. The van der Waals surface area contributed by atoms with Crippen LogP contribution in [0.25, 0.3) is 10.2 Å². The summed E-state index contributed by atoms with van der Waals surface area (Å²) < 4.78 is 1.18. The Morgan fingerprint density at radius 3 is 2.52 bits per heavy atom. The van der Waals surface area contributed by atoms with Gasteiger partial charge >= 0.3 is 0 Å². The first-order chi connectivity index (χ1) is 12.0. The number of thiazole rings is 1. The number of carbonyl (C=O) groups is 1. The molecule has 130 valence electrons. The molecule has 3 rings (SSSR count). The molecule has 4 heteroatoms. The van der Waals surface area contributed by atoms with Crippen LogP contribution in [0.4, 0.5) is 0 Å². The first-order valence-corrected chi connectivity index (χ1v) is 9.52. The lowest BCUT2D eigenvalue weighted by atomic mass is 9.97. The average Bonchev–Trinajstić information content (AvgIpc) is 2.98. The minimum atomic E-state index is 0.0988. The molecular formula is C21H24N2OS. The van der Waals surface area contributed by atoms with Gasteiger partial charge in [-0.05, 0) is 56.0 Å². The van der Waals surface area contributed by atoms with E-state index in [1.807, 2.05) is 18.2 Å². The van der Waals surface area contributed by atoms with Crippen LogP contribution in [0, 0.1) is 20.8 Å². The predicted octanol–water partition coefficient (Wildman–Crippen LogP) is 4.51. The van der Waals surface area contributed by atoms with Crippen molar-refractivity contribution in [1.82, 2.24) is 10.3 Å². The van der Waals surface area contributed by atoms with Gasteiger partial charge in [0.25, 0.3) is 0 Å². The minimum absolute atomic E-state index is 0.0988. The molecule has 1 N–H and O–H groups in total. The predicted molar refractivity (Wildman–Crippen MR) is 105 cm³/mol. The number of amides is 1. The first kappa shape index (κ1) is 17.6. The van der Waals surface area contributed by atoms with E-state index in [0.29, 0.717) is 19.4 Å². The Labute approximate surface area is 153 Å². The zero-order valence-electron chi connectivity index (χ0n) is 15.1. The van der Waals surface area contributed by atoms with Crippen LogP contribution in [0.15, 0.2) is 36.4 Å². The van der Waals surface area contributed by atoms with Gasteiger partial charge in [0.1, 0.15) is 0 Å². The van der Waals surface area contributed by atoms with Gasteiger partial charge < -0.3 is 5.32 Å². The fourth-order valence-electron chi connectivity index (χ4n) is 3.27. The van der Waals surface area contributed by atoms with E-state index >= 15 is 0 Å². The third kappa shape index (κ3) is 4.45. The van der Waals surface area contributed by atoms with Crippen molar-refractivity contribution in [2.45, 2.75) is 40.0 Å². The average molecular weight is 353 g/mol. The van der Waals surface area contributed by atoms with Crippen molar-refractivity contribution in [3.63, 3.8) is 0 Å². The topological polar surface area (TPSA) is 42.0 Å². The van der Waals surface area contributed by atoms with Gasteiger partial charge in [-0.25, -0.2) is 4.98 Å². The van der Waals surface area contributed by atoms with Gasteiger partial charge in [-0.3, -0.25) is 4.79 Å². The minimum Gasteiger partial charge on any atom is -0.356 e. The molecule has 25 heavy (non-hydrogen) atoms. The number of nitrogens with one attached hydrogen (secondary N) is 1. The van der Waals surface area contributed by atoms with Crippen LogP contribution in [0.2, 0.25) is 0 Å². The van der Waals surface area contributed by atoms with E-state index in [1.54, 1.807) is 11.3 Å². The zero-order chi connectivity index (χ0) is 17.8. The third-order valence-electron chi connectivity index (χ3n) is 4.44. The van der Waals surface area contributed by atoms with Crippen molar-refractivity contribution in [2.75, 3.05) is 6.54 Å². The van der Waals surface area contributed by atoms with Gasteiger partial charge in [-0.2, -0.15) is 0 Å². The monoisotopic (exact) mass is 352 g/mol. The SMILES string of the molecule is Cc1cc(C)c(CCNC(=O)CCc2nc3ccccc3s2)c(C)c1.